The van der Waals surface area contributed by atoms with Gasteiger partial charge >= 0.3 is 6.18 Å². The normalized spacial score (nSPS) is 25.1. The number of hydrogen-bond donors (Lipinski definition) is 2. The highest BCUT2D eigenvalue weighted by Crippen LogP contribution is 2.38. The van der Waals surface area contributed by atoms with E-state index >= 15 is 0 Å². The summed E-state index contributed by atoms with van der Waals surface area (Å²) in [4.78, 5) is 0. The molecule has 0 spiro atoms. The molecule has 0 aromatic heterocycles. The molecule has 1 saturated heterocycles. The van der Waals surface area contributed by atoms with Crippen molar-refractivity contribution in [1.82, 2.24) is 5.32 Å². The minimum atomic E-state index is -4.31. The number of piperidine rings is 1. The molecule has 1 aromatic rings. The van der Waals surface area contributed by atoms with Crippen molar-refractivity contribution >= 4 is 0 Å². The van der Waals surface area contributed by atoms with Crippen LogP contribution in [0.3, 0.4) is 0 Å². The molecule has 1 heterocycles. The van der Waals surface area contributed by atoms with E-state index in [0.717, 1.165) is 6.07 Å². The average Bonchev–Trinajstić information content (AvgIpc) is 2.38. The predicted molar refractivity (Wildman–Crippen MR) is 62.3 cm³/mol. The van der Waals surface area contributed by atoms with E-state index in [1.54, 1.807) is 12.1 Å². The van der Waals surface area contributed by atoms with Crippen molar-refractivity contribution in [2.45, 2.75) is 31.0 Å². The Hall–Kier alpha value is -1.07. The third-order valence-electron chi connectivity index (χ3n) is 3.42. The molecular formula is C13H16F3NO. The molecule has 5 heteroatoms. The third-order valence-corrected chi connectivity index (χ3v) is 3.42. The Morgan fingerprint density at radius 1 is 1.28 bits per heavy atom. The summed E-state index contributed by atoms with van der Waals surface area (Å²) < 4.78 is 38.8. The van der Waals surface area contributed by atoms with Crippen molar-refractivity contribution in [3.8, 4) is 0 Å². The summed E-state index contributed by atoms with van der Waals surface area (Å²) in [6, 6.07) is 5.63. The lowest BCUT2D eigenvalue weighted by Crippen LogP contribution is -2.40. The number of halogens is 3. The zero-order valence-corrected chi connectivity index (χ0v) is 9.87. The number of aliphatic hydroxyl groups excluding tert-OH is 1. The lowest BCUT2D eigenvalue weighted by molar-refractivity contribution is -0.138. The molecule has 0 aliphatic carbocycles. The molecule has 18 heavy (non-hydrogen) atoms. The molecule has 1 fully saturated rings. The zero-order chi connectivity index (χ0) is 13.2. The smallest absolute Gasteiger partial charge is 0.395 e. The van der Waals surface area contributed by atoms with Crippen LogP contribution in [0.15, 0.2) is 24.3 Å². The van der Waals surface area contributed by atoms with E-state index in [1.807, 2.05) is 0 Å². The Balaban J connectivity index is 2.27. The van der Waals surface area contributed by atoms with Gasteiger partial charge in [-0.1, -0.05) is 18.2 Å². The number of alkyl halides is 3. The number of hydrogen-bond acceptors (Lipinski definition) is 2. The van der Waals surface area contributed by atoms with Crippen LogP contribution in [0.2, 0.25) is 0 Å². The van der Waals surface area contributed by atoms with Gasteiger partial charge in [0, 0.05) is 6.04 Å². The molecule has 2 nitrogen and oxygen atoms in total. The Bertz CT molecular complexity index is 405. The fourth-order valence-electron chi connectivity index (χ4n) is 2.54. The molecule has 0 saturated carbocycles. The molecule has 2 atom stereocenters. The molecule has 0 bridgehead atoms. The highest BCUT2D eigenvalue weighted by atomic mass is 19.4. The van der Waals surface area contributed by atoms with Gasteiger partial charge in [0.15, 0.2) is 0 Å². The van der Waals surface area contributed by atoms with E-state index in [4.69, 9.17) is 5.11 Å². The third kappa shape index (κ3) is 2.84. The minimum Gasteiger partial charge on any atom is -0.395 e. The Kier molecular flexibility index (Phi) is 3.92. The van der Waals surface area contributed by atoms with Crippen LogP contribution in [0.25, 0.3) is 0 Å². The summed E-state index contributed by atoms with van der Waals surface area (Å²) in [5.41, 5.74) is -0.196. The lowest BCUT2D eigenvalue weighted by atomic mass is 9.84. The molecule has 0 amide bonds. The average molecular weight is 259 g/mol. The summed E-state index contributed by atoms with van der Waals surface area (Å²) in [6.07, 6.45) is -3.09. The highest BCUT2D eigenvalue weighted by Gasteiger charge is 2.35. The summed E-state index contributed by atoms with van der Waals surface area (Å²) in [5, 5.41) is 12.2. The summed E-state index contributed by atoms with van der Waals surface area (Å²) in [6.45, 7) is 0.604. The van der Waals surface area contributed by atoms with Crippen LogP contribution in [0, 0.1) is 0 Å². The molecule has 2 rings (SSSR count). The molecule has 2 unspecified atom stereocenters. The van der Waals surface area contributed by atoms with Crippen LogP contribution in [-0.4, -0.2) is 24.3 Å². The molecular weight excluding hydrogens is 243 g/mol. The van der Waals surface area contributed by atoms with Gasteiger partial charge < -0.3 is 10.4 Å². The van der Waals surface area contributed by atoms with Gasteiger partial charge in [0.25, 0.3) is 0 Å². The second-order valence-corrected chi connectivity index (χ2v) is 4.64. The molecule has 2 N–H and O–H groups in total. The zero-order valence-electron chi connectivity index (χ0n) is 9.87. The maximum absolute atomic E-state index is 12.9. The first-order valence-corrected chi connectivity index (χ1v) is 6.02. The van der Waals surface area contributed by atoms with Gasteiger partial charge in [-0.05, 0) is 36.9 Å². The number of nitrogens with one attached hydrogen (secondary N) is 1. The van der Waals surface area contributed by atoms with Crippen molar-refractivity contribution in [2.24, 2.45) is 0 Å². The van der Waals surface area contributed by atoms with Crippen LogP contribution in [-0.2, 0) is 6.18 Å². The van der Waals surface area contributed by atoms with Crippen LogP contribution < -0.4 is 5.32 Å². The standard InChI is InChI=1S/C13H16F3NO/c14-13(15,16)12-4-2-1-3-11(12)9-5-6-17-10(7-9)8-18/h1-4,9-10,17-18H,5-8H2. The fourth-order valence-corrected chi connectivity index (χ4v) is 2.54. The maximum Gasteiger partial charge on any atom is 0.416 e. The maximum atomic E-state index is 12.9. The van der Waals surface area contributed by atoms with Crippen molar-refractivity contribution in [3.63, 3.8) is 0 Å². The fraction of sp³-hybridized carbons (Fsp3) is 0.538. The molecule has 1 aliphatic heterocycles. The van der Waals surface area contributed by atoms with Crippen molar-refractivity contribution in [1.29, 1.82) is 0 Å². The van der Waals surface area contributed by atoms with Crippen molar-refractivity contribution in [3.05, 3.63) is 35.4 Å². The largest absolute Gasteiger partial charge is 0.416 e. The number of rotatable bonds is 2. The van der Waals surface area contributed by atoms with Gasteiger partial charge in [-0.15, -0.1) is 0 Å². The van der Waals surface area contributed by atoms with E-state index in [1.165, 1.54) is 6.07 Å². The topological polar surface area (TPSA) is 32.3 Å². The van der Waals surface area contributed by atoms with Gasteiger partial charge in [-0.25, -0.2) is 0 Å². The second-order valence-electron chi connectivity index (χ2n) is 4.64. The SMILES string of the molecule is OCC1CC(c2ccccc2C(F)(F)F)CCN1. The van der Waals surface area contributed by atoms with E-state index in [-0.39, 0.29) is 18.6 Å². The molecule has 100 valence electrons. The lowest BCUT2D eigenvalue weighted by Gasteiger charge is -2.31. The summed E-state index contributed by atoms with van der Waals surface area (Å²) in [5.74, 6) is -0.138. The quantitative estimate of drug-likeness (QED) is 0.855. The molecule has 1 aromatic carbocycles. The van der Waals surface area contributed by atoms with Crippen molar-refractivity contribution < 1.29 is 18.3 Å². The van der Waals surface area contributed by atoms with Crippen LogP contribution in [0.5, 0.6) is 0 Å². The first-order chi connectivity index (χ1) is 8.52. The summed E-state index contributed by atoms with van der Waals surface area (Å²) >= 11 is 0. The highest BCUT2D eigenvalue weighted by molar-refractivity contribution is 5.33. The second kappa shape index (κ2) is 5.28. The van der Waals surface area contributed by atoms with Gasteiger partial charge in [-0.2, -0.15) is 13.2 Å². The first-order valence-electron chi connectivity index (χ1n) is 6.02. The van der Waals surface area contributed by atoms with E-state index < -0.39 is 11.7 Å². The Morgan fingerprint density at radius 3 is 2.67 bits per heavy atom. The Morgan fingerprint density at radius 2 is 2.00 bits per heavy atom. The van der Waals surface area contributed by atoms with Gasteiger partial charge in [0.05, 0.1) is 12.2 Å². The van der Waals surface area contributed by atoms with Crippen LogP contribution >= 0.6 is 0 Å². The van der Waals surface area contributed by atoms with E-state index in [9.17, 15) is 13.2 Å². The van der Waals surface area contributed by atoms with Crippen LogP contribution in [0.1, 0.15) is 29.9 Å². The monoisotopic (exact) mass is 259 g/mol. The minimum absolute atomic E-state index is 0.0370. The van der Waals surface area contributed by atoms with Gasteiger partial charge in [0.2, 0.25) is 0 Å². The van der Waals surface area contributed by atoms with Crippen LogP contribution in [0.4, 0.5) is 13.2 Å². The summed E-state index contributed by atoms with van der Waals surface area (Å²) in [7, 11) is 0. The van der Waals surface area contributed by atoms with Gasteiger partial charge in [0.1, 0.15) is 0 Å². The first kappa shape index (κ1) is 13.4. The predicted octanol–water partition coefficient (Wildman–Crippen LogP) is 2.53. The van der Waals surface area contributed by atoms with Crippen molar-refractivity contribution in [2.75, 3.05) is 13.2 Å². The van der Waals surface area contributed by atoms with E-state index in [2.05, 4.69) is 5.32 Å². The van der Waals surface area contributed by atoms with Gasteiger partial charge in [-0.3, -0.25) is 0 Å². The molecule has 0 radical (unpaired) electrons. The van der Waals surface area contributed by atoms with E-state index in [0.29, 0.717) is 24.9 Å². The number of benzene rings is 1. The Labute approximate surface area is 104 Å². The molecule has 1 aliphatic rings. The number of aliphatic hydroxyl groups is 1.